The van der Waals surface area contributed by atoms with Gasteiger partial charge in [-0.2, -0.15) is 0 Å². The number of esters is 1. The fourth-order valence-electron chi connectivity index (χ4n) is 1.50. The largest absolute Gasteiger partial charge is 0.465 e. The van der Waals surface area contributed by atoms with Crippen LogP contribution < -0.4 is 5.73 Å². The molecule has 0 unspecified atom stereocenters. The van der Waals surface area contributed by atoms with Crippen molar-refractivity contribution in [3.05, 3.63) is 0 Å². The number of hydrogen-bond acceptors (Lipinski definition) is 3. The zero-order valence-electron chi connectivity index (χ0n) is 11.9. The SMILES string of the molecule is CCCCCCCCOC(=O)[C@H](N)C(C)(C)C. The van der Waals surface area contributed by atoms with E-state index in [9.17, 15) is 4.79 Å². The second-order valence-electron chi connectivity index (χ2n) is 5.78. The molecule has 0 saturated heterocycles. The molecule has 102 valence electrons. The van der Waals surface area contributed by atoms with E-state index in [1.165, 1.54) is 25.7 Å². The molecule has 0 aliphatic carbocycles. The number of hydrogen-bond donors (Lipinski definition) is 1. The van der Waals surface area contributed by atoms with Crippen molar-refractivity contribution in [2.45, 2.75) is 72.3 Å². The summed E-state index contributed by atoms with van der Waals surface area (Å²) in [6.07, 6.45) is 7.16. The lowest BCUT2D eigenvalue weighted by molar-refractivity contribution is -0.147. The average Bonchev–Trinajstić information content (AvgIpc) is 2.25. The van der Waals surface area contributed by atoms with E-state index in [0.29, 0.717) is 6.61 Å². The molecule has 3 heteroatoms. The molecule has 0 fully saturated rings. The van der Waals surface area contributed by atoms with Gasteiger partial charge >= 0.3 is 5.97 Å². The van der Waals surface area contributed by atoms with Crippen LogP contribution in [0.2, 0.25) is 0 Å². The normalized spacial score (nSPS) is 13.5. The molecule has 0 radical (unpaired) electrons. The van der Waals surface area contributed by atoms with E-state index in [1.54, 1.807) is 0 Å². The highest BCUT2D eigenvalue weighted by atomic mass is 16.5. The van der Waals surface area contributed by atoms with Gasteiger partial charge in [0.1, 0.15) is 6.04 Å². The zero-order chi connectivity index (χ0) is 13.3. The van der Waals surface area contributed by atoms with Gasteiger partial charge in [0.05, 0.1) is 6.61 Å². The quantitative estimate of drug-likeness (QED) is 0.526. The summed E-state index contributed by atoms with van der Waals surface area (Å²) in [6.45, 7) is 8.56. The van der Waals surface area contributed by atoms with Crippen LogP contribution in [-0.4, -0.2) is 18.6 Å². The van der Waals surface area contributed by atoms with Crippen LogP contribution in [0, 0.1) is 5.41 Å². The molecule has 0 amide bonds. The van der Waals surface area contributed by atoms with Gasteiger partial charge < -0.3 is 10.5 Å². The van der Waals surface area contributed by atoms with Gasteiger partial charge in [-0.1, -0.05) is 59.8 Å². The lowest BCUT2D eigenvalue weighted by atomic mass is 9.87. The third-order valence-electron chi connectivity index (χ3n) is 2.93. The van der Waals surface area contributed by atoms with Gasteiger partial charge in [0.2, 0.25) is 0 Å². The van der Waals surface area contributed by atoms with Crippen LogP contribution in [0.5, 0.6) is 0 Å². The van der Waals surface area contributed by atoms with Crippen molar-refractivity contribution in [2.24, 2.45) is 11.1 Å². The van der Waals surface area contributed by atoms with Gasteiger partial charge in [-0.3, -0.25) is 4.79 Å². The molecule has 0 rings (SSSR count). The first-order valence-corrected chi connectivity index (χ1v) is 6.81. The first kappa shape index (κ1) is 16.4. The summed E-state index contributed by atoms with van der Waals surface area (Å²) in [4.78, 5) is 11.6. The van der Waals surface area contributed by atoms with Gasteiger partial charge in [0.25, 0.3) is 0 Å². The van der Waals surface area contributed by atoms with Gasteiger partial charge in [-0.05, 0) is 11.8 Å². The number of nitrogens with two attached hydrogens (primary N) is 1. The molecule has 0 spiro atoms. The van der Waals surface area contributed by atoms with Gasteiger partial charge in [-0.25, -0.2) is 0 Å². The fraction of sp³-hybridized carbons (Fsp3) is 0.929. The van der Waals surface area contributed by atoms with Crippen molar-refractivity contribution in [3.63, 3.8) is 0 Å². The summed E-state index contributed by atoms with van der Waals surface area (Å²) >= 11 is 0. The summed E-state index contributed by atoms with van der Waals surface area (Å²) in [7, 11) is 0. The molecule has 2 N–H and O–H groups in total. The summed E-state index contributed by atoms with van der Waals surface area (Å²) < 4.78 is 5.17. The van der Waals surface area contributed by atoms with Crippen LogP contribution in [0.4, 0.5) is 0 Å². The van der Waals surface area contributed by atoms with E-state index in [4.69, 9.17) is 10.5 Å². The topological polar surface area (TPSA) is 52.3 Å². The lowest BCUT2D eigenvalue weighted by Crippen LogP contribution is -2.43. The number of carbonyl (C=O) groups is 1. The Hall–Kier alpha value is -0.570. The molecule has 0 aromatic carbocycles. The molecular formula is C14H29NO2. The Labute approximate surface area is 106 Å². The zero-order valence-corrected chi connectivity index (χ0v) is 11.9. The smallest absolute Gasteiger partial charge is 0.323 e. The Balaban J connectivity index is 3.52. The molecule has 1 atom stereocenters. The Morgan fingerprint density at radius 1 is 1.12 bits per heavy atom. The summed E-state index contributed by atoms with van der Waals surface area (Å²) in [5, 5.41) is 0. The first-order valence-electron chi connectivity index (χ1n) is 6.81. The molecule has 3 nitrogen and oxygen atoms in total. The van der Waals surface area contributed by atoms with Crippen molar-refractivity contribution in [3.8, 4) is 0 Å². The lowest BCUT2D eigenvalue weighted by Gasteiger charge is -2.24. The Kier molecular flexibility index (Phi) is 8.23. The second-order valence-corrected chi connectivity index (χ2v) is 5.78. The highest BCUT2D eigenvalue weighted by Gasteiger charge is 2.28. The molecule has 0 saturated carbocycles. The van der Waals surface area contributed by atoms with E-state index < -0.39 is 6.04 Å². The second kappa shape index (κ2) is 8.51. The van der Waals surface area contributed by atoms with Gasteiger partial charge in [-0.15, -0.1) is 0 Å². The van der Waals surface area contributed by atoms with Crippen molar-refractivity contribution in [1.29, 1.82) is 0 Å². The summed E-state index contributed by atoms with van der Waals surface area (Å²) in [5.41, 5.74) is 5.58. The number of unbranched alkanes of at least 4 members (excludes halogenated alkanes) is 5. The Morgan fingerprint density at radius 3 is 2.18 bits per heavy atom. The third kappa shape index (κ3) is 8.19. The highest BCUT2D eigenvalue weighted by molar-refractivity contribution is 5.76. The molecule has 17 heavy (non-hydrogen) atoms. The van der Waals surface area contributed by atoms with Crippen LogP contribution in [0.25, 0.3) is 0 Å². The minimum absolute atomic E-state index is 0.224. The first-order chi connectivity index (χ1) is 7.89. The maximum Gasteiger partial charge on any atom is 0.323 e. The van der Waals surface area contributed by atoms with Gasteiger partial charge in [0.15, 0.2) is 0 Å². The molecule has 0 aromatic heterocycles. The molecule has 0 bridgehead atoms. The van der Waals surface area contributed by atoms with Gasteiger partial charge in [0, 0.05) is 0 Å². The average molecular weight is 243 g/mol. The van der Waals surface area contributed by atoms with Crippen LogP contribution in [-0.2, 0) is 9.53 Å². The van der Waals surface area contributed by atoms with E-state index in [1.807, 2.05) is 20.8 Å². The van der Waals surface area contributed by atoms with E-state index in [0.717, 1.165) is 12.8 Å². The van der Waals surface area contributed by atoms with Crippen LogP contribution in [0.15, 0.2) is 0 Å². The number of ether oxygens (including phenoxy) is 1. The predicted octanol–water partition coefficient (Wildman–Crippen LogP) is 3.26. The predicted molar refractivity (Wildman–Crippen MR) is 71.8 cm³/mol. The minimum Gasteiger partial charge on any atom is -0.465 e. The van der Waals surface area contributed by atoms with Crippen molar-refractivity contribution in [2.75, 3.05) is 6.61 Å². The fourth-order valence-corrected chi connectivity index (χ4v) is 1.50. The number of carbonyl (C=O) groups excluding carboxylic acids is 1. The maximum absolute atomic E-state index is 11.6. The van der Waals surface area contributed by atoms with Crippen LogP contribution in [0.1, 0.15) is 66.2 Å². The Morgan fingerprint density at radius 2 is 1.65 bits per heavy atom. The standard InChI is InChI=1S/C14H29NO2/c1-5-6-7-8-9-10-11-17-13(16)12(15)14(2,3)4/h12H,5-11,15H2,1-4H3/t12-/m0/s1. The van der Waals surface area contributed by atoms with Crippen LogP contribution in [0.3, 0.4) is 0 Å². The van der Waals surface area contributed by atoms with E-state index >= 15 is 0 Å². The third-order valence-corrected chi connectivity index (χ3v) is 2.93. The Bertz CT molecular complexity index is 209. The van der Waals surface area contributed by atoms with Crippen molar-refractivity contribution >= 4 is 5.97 Å². The van der Waals surface area contributed by atoms with E-state index in [2.05, 4.69) is 6.92 Å². The molecule has 0 heterocycles. The highest BCUT2D eigenvalue weighted by Crippen LogP contribution is 2.18. The molecule has 0 aliphatic heterocycles. The molecule has 0 aliphatic rings. The summed E-state index contributed by atoms with van der Waals surface area (Å²) in [5.74, 6) is -0.272. The number of rotatable bonds is 8. The van der Waals surface area contributed by atoms with Crippen molar-refractivity contribution < 1.29 is 9.53 Å². The van der Waals surface area contributed by atoms with Crippen LogP contribution >= 0.6 is 0 Å². The maximum atomic E-state index is 11.6. The monoisotopic (exact) mass is 243 g/mol. The minimum atomic E-state index is -0.525. The molecule has 0 aromatic rings. The van der Waals surface area contributed by atoms with E-state index in [-0.39, 0.29) is 11.4 Å². The van der Waals surface area contributed by atoms with Crippen molar-refractivity contribution in [1.82, 2.24) is 0 Å². The summed E-state index contributed by atoms with van der Waals surface area (Å²) in [6, 6.07) is -0.525. The molecular weight excluding hydrogens is 214 g/mol.